The SMILES string of the molecule is CC[S+]([O-])c1ccc(CC(=O)Nc2ccc(OC3(c4ccc(Cl)c(Cl)c4)COC3)cc2)cc1. The predicted molar refractivity (Wildman–Crippen MR) is 132 cm³/mol. The van der Waals surface area contributed by atoms with E-state index < -0.39 is 16.8 Å². The van der Waals surface area contributed by atoms with Gasteiger partial charge in [-0.2, -0.15) is 0 Å². The molecule has 4 rings (SSSR count). The van der Waals surface area contributed by atoms with Crippen molar-refractivity contribution in [1.82, 2.24) is 0 Å². The smallest absolute Gasteiger partial charge is 0.228 e. The Bertz CT molecular complexity index is 1120. The molecule has 1 fully saturated rings. The normalized spacial score (nSPS) is 15.4. The van der Waals surface area contributed by atoms with Crippen LogP contribution in [-0.2, 0) is 32.7 Å². The molecule has 1 amide bonds. The average molecular weight is 504 g/mol. The van der Waals surface area contributed by atoms with Crippen molar-refractivity contribution in [3.63, 3.8) is 0 Å². The van der Waals surface area contributed by atoms with Gasteiger partial charge in [0.25, 0.3) is 0 Å². The van der Waals surface area contributed by atoms with Crippen LogP contribution in [0, 0.1) is 0 Å². The van der Waals surface area contributed by atoms with E-state index in [0.717, 1.165) is 16.0 Å². The van der Waals surface area contributed by atoms with Gasteiger partial charge in [-0.1, -0.05) is 41.4 Å². The van der Waals surface area contributed by atoms with Gasteiger partial charge in [0.2, 0.25) is 5.91 Å². The molecule has 1 saturated heterocycles. The summed E-state index contributed by atoms with van der Waals surface area (Å²) in [6.07, 6.45) is 0.231. The summed E-state index contributed by atoms with van der Waals surface area (Å²) in [5.41, 5.74) is 1.81. The number of nitrogens with one attached hydrogen (secondary N) is 1. The molecule has 0 aliphatic carbocycles. The van der Waals surface area contributed by atoms with Crippen molar-refractivity contribution in [1.29, 1.82) is 0 Å². The molecule has 1 N–H and O–H groups in total. The predicted octanol–water partition coefficient (Wildman–Crippen LogP) is 5.61. The second-order valence-corrected chi connectivity index (χ2v) is 10.3. The van der Waals surface area contributed by atoms with Crippen molar-refractivity contribution >= 4 is 46.0 Å². The van der Waals surface area contributed by atoms with Crippen LogP contribution in [-0.4, -0.2) is 29.4 Å². The summed E-state index contributed by atoms with van der Waals surface area (Å²) in [5, 5.41) is 3.85. The first kappa shape index (κ1) is 23.9. The Labute approximate surface area is 206 Å². The van der Waals surface area contributed by atoms with E-state index in [9.17, 15) is 9.35 Å². The van der Waals surface area contributed by atoms with Crippen LogP contribution in [0.15, 0.2) is 71.6 Å². The van der Waals surface area contributed by atoms with Gasteiger partial charge in [0.1, 0.15) is 11.5 Å². The van der Waals surface area contributed by atoms with Crippen molar-refractivity contribution < 1.29 is 18.8 Å². The van der Waals surface area contributed by atoms with Crippen LogP contribution in [0.4, 0.5) is 5.69 Å². The Balaban J connectivity index is 1.37. The number of anilines is 1. The minimum atomic E-state index is -0.997. The topological polar surface area (TPSA) is 70.6 Å². The minimum Gasteiger partial charge on any atom is -0.611 e. The number of rotatable bonds is 8. The van der Waals surface area contributed by atoms with Gasteiger partial charge in [-0.25, -0.2) is 0 Å². The molecule has 0 saturated carbocycles. The molecular weight excluding hydrogens is 481 g/mol. The zero-order valence-electron chi connectivity index (χ0n) is 18.0. The Morgan fingerprint density at radius 2 is 1.76 bits per heavy atom. The molecule has 3 aromatic carbocycles. The Kier molecular flexibility index (Phi) is 7.51. The number of amides is 1. The number of ether oxygens (including phenoxy) is 2. The van der Waals surface area contributed by atoms with Crippen molar-refractivity contribution in [2.24, 2.45) is 0 Å². The first-order valence-corrected chi connectivity index (χ1v) is 12.6. The molecule has 1 aliphatic heterocycles. The highest BCUT2D eigenvalue weighted by Crippen LogP contribution is 2.38. The third kappa shape index (κ3) is 5.65. The zero-order valence-corrected chi connectivity index (χ0v) is 20.3. The monoisotopic (exact) mass is 503 g/mol. The Morgan fingerprint density at radius 1 is 1.06 bits per heavy atom. The molecule has 172 valence electrons. The van der Waals surface area contributed by atoms with Crippen LogP contribution in [0.2, 0.25) is 10.0 Å². The maximum absolute atomic E-state index is 12.4. The molecule has 8 heteroatoms. The lowest BCUT2D eigenvalue weighted by molar-refractivity contribution is -0.167. The molecular formula is C25H23Cl2NO4S. The molecule has 3 aromatic rings. The lowest BCUT2D eigenvalue weighted by Crippen LogP contribution is -2.51. The van der Waals surface area contributed by atoms with Gasteiger partial charge in [-0.15, -0.1) is 0 Å². The third-order valence-electron chi connectivity index (χ3n) is 5.38. The van der Waals surface area contributed by atoms with Crippen LogP contribution in [0.5, 0.6) is 5.75 Å². The summed E-state index contributed by atoms with van der Waals surface area (Å²) in [5.74, 6) is 1.09. The van der Waals surface area contributed by atoms with Gasteiger partial charge in [0, 0.05) is 11.3 Å². The highest BCUT2D eigenvalue weighted by Gasteiger charge is 2.43. The van der Waals surface area contributed by atoms with E-state index in [1.807, 2.05) is 49.4 Å². The van der Waals surface area contributed by atoms with E-state index in [1.165, 1.54) is 0 Å². The molecule has 0 aromatic heterocycles. The molecule has 33 heavy (non-hydrogen) atoms. The average Bonchev–Trinajstić information content (AvgIpc) is 2.79. The zero-order chi connectivity index (χ0) is 23.4. The highest BCUT2D eigenvalue weighted by molar-refractivity contribution is 7.91. The summed E-state index contributed by atoms with van der Waals surface area (Å²) >= 11 is 11.2. The summed E-state index contributed by atoms with van der Waals surface area (Å²) in [7, 11) is 0. The fourth-order valence-corrected chi connectivity index (χ4v) is 4.57. The van der Waals surface area contributed by atoms with Crippen molar-refractivity contribution in [2.45, 2.75) is 23.8 Å². The number of halogens is 2. The second-order valence-electron chi connectivity index (χ2n) is 7.75. The van der Waals surface area contributed by atoms with Gasteiger partial charge in [0.05, 0.1) is 29.7 Å². The summed E-state index contributed by atoms with van der Waals surface area (Å²) in [6.45, 7) is 2.70. The fraction of sp³-hybridized carbons (Fsp3) is 0.240. The van der Waals surface area contributed by atoms with Crippen LogP contribution < -0.4 is 10.1 Å². The molecule has 5 nitrogen and oxygen atoms in total. The number of carbonyl (C=O) groups excluding carboxylic acids is 1. The first-order valence-electron chi connectivity index (χ1n) is 10.5. The molecule has 0 radical (unpaired) electrons. The highest BCUT2D eigenvalue weighted by atomic mass is 35.5. The minimum absolute atomic E-state index is 0.132. The van der Waals surface area contributed by atoms with Crippen LogP contribution in [0.25, 0.3) is 0 Å². The van der Waals surface area contributed by atoms with Gasteiger partial charge < -0.3 is 19.3 Å². The largest absolute Gasteiger partial charge is 0.611 e. The molecule has 1 aliphatic rings. The lowest BCUT2D eigenvalue weighted by Gasteiger charge is -2.41. The van der Waals surface area contributed by atoms with E-state index in [2.05, 4.69) is 5.32 Å². The summed E-state index contributed by atoms with van der Waals surface area (Å²) < 4.78 is 23.5. The van der Waals surface area contributed by atoms with Crippen molar-refractivity contribution in [3.8, 4) is 5.75 Å². The molecule has 0 spiro atoms. The van der Waals surface area contributed by atoms with Crippen molar-refractivity contribution in [3.05, 3.63) is 87.9 Å². The van der Waals surface area contributed by atoms with Gasteiger partial charge in [-0.05, 0) is 72.2 Å². The van der Waals surface area contributed by atoms with E-state index in [-0.39, 0.29) is 12.3 Å². The summed E-state index contributed by atoms with van der Waals surface area (Å²) in [4.78, 5) is 13.2. The molecule has 1 unspecified atom stereocenters. The van der Waals surface area contributed by atoms with E-state index >= 15 is 0 Å². The second kappa shape index (κ2) is 10.4. The maximum atomic E-state index is 12.4. The third-order valence-corrected chi connectivity index (χ3v) is 7.44. The van der Waals surface area contributed by atoms with Crippen LogP contribution in [0.1, 0.15) is 18.1 Å². The quantitative estimate of drug-likeness (QED) is 0.405. The van der Waals surface area contributed by atoms with Crippen LogP contribution >= 0.6 is 23.2 Å². The van der Waals surface area contributed by atoms with E-state index in [4.69, 9.17) is 32.7 Å². The van der Waals surface area contributed by atoms with Gasteiger partial charge >= 0.3 is 0 Å². The molecule has 0 bridgehead atoms. The fourth-order valence-electron chi connectivity index (χ4n) is 3.50. The Morgan fingerprint density at radius 3 is 2.33 bits per heavy atom. The number of hydrogen-bond acceptors (Lipinski definition) is 4. The number of carbonyl (C=O) groups is 1. The molecule has 1 heterocycles. The Hall–Kier alpha value is -2.22. The first-order chi connectivity index (χ1) is 15.9. The van der Waals surface area contributed by atoms with E-state index in [0.29, 0.717) is 40.4 Å². The maximum Gasteiger partial charge on any atom is 0.228 e. The summed E-state index contributed by atoms with van der Waals surface area (Å²) in [6, 6.07) is 19.9. The number of hydrogen-bond donors (Lipinski definition) is 1. The van der Waals surface area contributed by atoms with Gasteiger partial charge in [0.15, 0.2) is 10.5 Å². The lowest BCUT2D eigenvalue weighted by atomic mass is 9.91. The standard InChI is InChI=1S/C25H23Cl2NO4S/c1-2-33(30)21-10-3-17(4-11-21)13-24(29)28-19-6-8-20(9-7-19)32-25(15-31-16-25)18-5-12-22(26)23(27)14-18/h3-12,14H,2,13,15-16H2,1H3,(H,28,29). The van der Waals surface area contributed by atoms with Gasteiger partial charge in [-0.3, -0.25) is 4.79 Å². The molecule has 1 atom stereocenters. The van der Waals surface area contributed by atoms with Crippen LogP contribution in [0.3, 0.4) is 0 Å². The number of benzene rings is 3. The van der Waals surface area contributed by atoms with E-state index in [1.54, 1.807) is 24.3 Å². The van der Waals surface area contributed by atoms with Crippen molar-refractivity contribution in [2.75, 3.05) is 24.3 Å².